The topological polar surface area (TPSA) is 24.3 Å². The Hall–Kier alpha value is -0.870. The van der Waals surface area contributed by atoms with Crippen LogP contribution in [0, 0.1) is 0 Å². The van der Waals surface area contributed by atoms with Gasteiger partial charge in [-0.3, -0.25) is 9.58 Å². The SMILES string of the molecule is CCN(C)C1CN(Cc2cnn(C)c2)C2(CCCCC2)C1. The highest BCUT2D eigenvalue weighted by molar-refractivity contribution is 5.09. The second-order valence-electron chi connectivity index (χ2n) is 7.12. The third-order valence-electron chi connectivity index (χ3n) is 5.76. The standard InChI is InChI=1S/C17H30N4/c1-4-19(2)16-10-17(8-6-5-7-9-17)21(14-16)13-15-11-18-20(3)12-15/h11-12,16H,4-10,13-14H2,1-3H3. The van der Waals surface area contributed by atoms with Crippen LogP contribution < -0.4 is 0 Å². The summed E-state index contributed by atoms with van der Waals surface area (Å²) in [7, 11) is 4.30. The molecule has 4 nitrogen and oxygen atoms in total. The van der Waals surface area contributed by atoms with E-state index in [9.17, 15) is 0 Å². The first kappa shape index (κ1) is 15.0. The van der Waals surface area contributed by atoms with Gasteiger partial charge in [0.25, 0.3) is 0 Å². The van der Waals surface area contributed by atoms with Crippen molar-refractivity contribution in [1.82, 2.24) is 19.6 Å². The van der Waals surface area contributed by atoms with Gasteiger partial charge in [-0.2, -0.15) is 5.10 Å². The summed E-state index contributed by atoms with van der Waals surface area (Å²) in [6.45, 7) is 5.72. The van der Waals surface area contributed by atoms with Crippen molar-refractivity contribution in [2.45, 2.75) is 63.6 Å². The molecule has 1 saturated heterocycles. The Morgan fingerprint density at radius 1 is 1.33 bits per heavy atom. The molecular weight excluding hydrogens is 260 g/mol. The summed E-state index contributed by atoms with van der Waals surface area (Å²) >= 11 is 0. The second-order valence-corrected chi connectivity index (χ2v) is 7.12. The molecule has 0 N–H and O–H groups in total. The van der Waals surface area contributed by atoms with Crippen LogP contribution in [0.25, 0.3) is 0 Å². The first-order valence-corrected chi connectivity index (χ1v) is 8.56. The highest BCUT2D eigenvalue weighted by atomic mass is 15.3. The molecule has 1 aliphatic carbocycles. The average molecular weight is 290 g/mol. The van der Waals surface area contributed by atoms with Gasteiger partial charge in [-0.05, 0) is 32.9 Å². The van der Waals surface area contributed by atoms with Gasteiger partial charge in [-0.25, -0.2) is 0 Å². The zero-order valence-corrected chi connectivity index (χ0v) is 13.9. The molecule has 21 heavy (non-hydrogen) atoms. The molecule has 0 bridgehead atoms. The summed E-state index contributed by atoms with van der Waals surface area (Å²) in [5, 5.41) is 4.34. The number of likely N-dealkylation sites (N-methyl/N-ethyl adjacent to an activating group) is 1. The molecule has 118 valence electrons. The van der Waals surface area contributed by atoms with Crippen molar-refractivity contribution in [3.63, 3.8) is 0 Å². The van der Waals surface area contributed by atoms with Crippen LogP contribution in [-0.2, 0) is 13.6 Å². The molecule has 1 atom stereocenters. The first-order valence-electron chi connectivity index (χ1n) is 8.56. The molecule has 1 aromatic rings. The number of nitrogens with zero attached hydrogens (tertiary/aromatic N) is 4. The molecule has 0 amide bonds. The van der Waals surface area contributed by atoms with E-state index in [1.54, 1.807) is 0 Å². The molecule has 1 aromatic heterocycles. The molecule has 1 spiro atoms. The monoisotopic (exact) mass is 290 g/mol. The number of hydrogen-bond acceptors (Lipinski definition) is 3. The number of hydrogen-bond donors (Lipinski definition) is 0. The van der Waals surface area contributed by atoms with Gasteiger partial charge in [-0.1, -0.05) is 26.2 Å². The van der Waals surface area contributed by atoms with Crippen LogP contribution in [0.5, 0.6) is 0 Å². The van der Waals surface area contributed by atoms with E-state index in [0.717, 1.165) is 19.1 Å². The zero-order valence-electron chi connectivity index (χ0n) is 13.9. The van der Waals surface area contributed by atoms with E-state index in [1.807, 2.05) is 17.9 Å². The zero-order chi connectivity index (χ0) is 14.9. The first-order chi connectivity index (χ1) is 10.1. The summed E-state index contributed by atoms with van der Waals surface area (Å²) in [4.78, 5) is 5.32. The lowest BCUT2D eigenvalue weighted by Gasteiger charge is -2.41. The van der Waals surface area contributed by atoms with Crippen LogP contribution in [0.2, 0.25) is 0 Å². The van der Waals surface area contributed by atoms with Gasteiger partial charge in [-0.15, -0.1) is 0 Å². The van der Waals surface area contributed by atoms with E-state index in [1.165, 1.54) is 50.6 Å². The fourth-order valence-electron chi connectivity index (χ4n) is 4.37. The Morgan fingerprint density at radius 3 is 2.71 bits per heavy atom. The minimum atomic E-state index is 0.461. The maximum atomic E-state index is 4.34. The van der Waals surface area contributed by atoms with E-state index < -0.39 is 0 Å². The summed E-state index contributed by atoms with van der Waals surface area (Å²) in [6.07, 6.45) is 12.6. The van der Waals surface area contributed by atoms with Crippen molar-refractivity contribution >= 4 is 0 Å². The van der Waals surface area contributed by atoms with E-state index in [2.05, 4.69) is 35.1 Å². The maximum absolute atomic E-state index is 4.34. The van der Waals surface area contributed by atoms with Gasteiger partial charge < -0.3 is 4.90 Å². The minimum absolute atomic E-state index is 0.461. The van der Waals surface area contributed by atoms with Crippen LogP contribution in [0.4, 0.5) is 0 Å². The molecule has 1 aliphatic heterocycles. The lowest BCUT2D eigenvalue weighted by Crippen LogP contribution is -2.44. The predicted octanol–water partition coefficient (Wildman–Crippen LogP) is 2.65. The number of aromatic nitrogens is 2. The Morgan fingerprint density at radius 2 is 2.10 bits per heavy atom. The van der Waals surface area contributed by atoms with Crippen molar-refractivity contribution in [3.05, 3.63) is 18.0 Å². The lowest BCUT2D eigenvalue weighted by atomic mass is 9.79. The van der Waals surface area contributed by atoms with Crippen LogP contribution in [0.15, 0.2) is 12.4 Å². The van der Waals surface area contributed by atoms with Gasteiger partial charge in [0.1, 0.15) is 0 Å². The van der Waals surface area contributed by atoms with Gasteiger partial charge in [0, 0.05) is 43.5 Å². The molecule has 0 radical (unpaired) electrons. The van der Waals surface area contributed by atoms with Crippen LogP contribution in [0.1, 0.15) is 51.0 Å². The molecule has 2 aliphatic rings. The van der Waals surface area contributed by atoms with Gasteiger partial charge in [0.15, 0.2) is 0 Å². The van der Waals surface area contributed by atoms with Crippen molar-refractivity contribution in [2.75, 3.05) is 20.1 Å². The van der Waals surface area contributed by atoms with E-state index in [0.29, 0.717) is 5.54 Å². The van der Waals surface area contributed by atoms with E-state index in [-0.39, 0.29) is 0 Å². The Bertz CT molecular complexity index is 461. The largest absolute Gasteiger partial charge is 0.302 e. The molecule has 1 saturated carbocycles. The lowest BCUT2D eigenvalue weighted by molar-refractivity contribution is 0.0858. The Kier molecular flexibility index (Phi) is 4.36. The third kappa shape index (κ3) is 3.02. The van der Waals surface area contributed by atoms with Crippen molar-refractivity contribution in [3.8, 4) is 0 Å². The molecule has 2 heterocycles. The number of rotatable bonds is 4. The third-order valence-corrected chi connectivity index (χ3v) is 5.76. The van der Waals surface area contributed by atoms with Crippen molar-refractivity contribution in [1.29, 1.82) is 0 Å². The molecule has 2 fully saturated rings. The summed E-state index contributed by atoms with van der Waals surface area (Å²) in [5.74, 6) is 0. The van der Waals surface area contributed by atoms with E-state index in [4.69, 9.17) is 0 Å². The van der Waals surface area contributed by atoms with Crippen molar-refractivity contribution < 1.29 is 0 Å². The summed E-state index contributed by atoms with van der Waals surface area (Å²) < 4.78 is 1.93. The maximum Gasteiger partial charge on any atom is 0.0534 e. The second kappa shape index (κ2) is 6.09. The molecule has 4 heteroatoms. The van der Waals surface area contributed by atoms with Gasteiger partial charge in [0.05, 0.1) is 6.20 Å². The summed E-state index contributed by atoms with van der Waals surface area (Å²) in [6, 6.07) is 0.727. The highest BCUT2D eigenvalue weighted by Gasteiger charge is 2.46. The average Bonchev–Trinajstić information content (AvgIpc) is 3.05. The van der Waals surface area contributed by atoms with E-state index >= 15 is 0 Å². The fourth-order valence-corrected chi connectivity index (χ4v) is 4.37. The quantitative estimate of drug-likeness (QED) is 0.852. The van der Waals surface area contributed by atoms with Crippen LogP contribution in [0.3, 0.4) is 0 Å². The number of likely N-dealkylation sites (tertiary alicyclic amines) is 1. The normalized spacial score (nSPS) is 26.0. The molecule has 0 aromatic carbocycles. The molecule has 1 unspecified atom stereocenters. The van der Waals surface area contributed by atoms with Gasteiger partial charge in [0.2, 0.25) is 0 Å². The van der Waals surface area contributed by atoms with Crippen LogP contribution >= 0.6 is 0 Å². The smallest absolute Gasteiger partial charge is 0.0534 e. The summed E-state index contributed by atoms with van der Waals surface area (Å²) in [5.41, 5.74) is 1.82. The molecular formula is C17H30N4. The Balaban J connectivity index is 1.77. The Labute approximate surface area is 129 Å². The van der Waals surface area contributed by atoms with Gasteiger partial charge >= 0.3 is 0 Å². The van der Waals surface area contributed by atoms with Crippen molar-refractivity contribution in [2.24, 2.45) is 7.05 Å². The predicted molar refractivity (Wildman–Crippen MR) is 86.1 cm³/mol. The van der Waals surface area contributed by atoms with Crippen LogP contribution in [-0.4, -0.2) is 51.3 Å². The highest BCUT2D eigenvalue weighted by Crippen LogP contribution is 2.43. The molecule has 3 rings (SSSR count). The fraction of sp³-hybridized carbons (Fsp3) is 0.824. The number of aryl methyl sites for hydroxylation is 1. The minimum Gasteiger partial charge on any atom is -0.302 e.